The van der Waals surface area contributed by atoms with Gasteiger partial charge in [0.25, 0.3) is 0 Å². The predicted molar refractivity (Wildman–Crippen MR) is 84.5 cm³/mol. The molecule has 1 atom stereocenters. The molecule has 1 unspecified atom stereocenters. The van der Waals surface area contributed by atoms with Crippen molar-refractivity contribution in [2.75, 3.05) is 0 Å². The zero-order chi connectivity index (χ0) is 14.2. The largest absolute Gasteiger partial charge is 0.113 e. The Morgan fingerprint density at radius 2 is 1.42 bits per heavy atom. The SMILES string of the molecule is Cc1cc(C)c(C(Cl)c2ccc(Cl)cc2C)c(C)c1. The van der Waals surface area contributed by atoms with E-state index in [0.29, 0.717) is 0 Å². The van der Waals surface area contributed by atoms with Crippen molar-refractivity contribution in [1.29, 1.82) is 0 Å². The van der Waals surface area contributed by atoms with E-state index in [9.17, 15) is 0 Å². The Morgan fingerprint density at radius 3 is 1.95 bits per heavy atom. The van der Waals surface area contributed by atoms with Crippen LogP contribution in [0.3, 0.4) is 0 Å². The van der Waals surface area contributed by atoms with Crippen LogP contribution in [0.1, 0.15) is 38.8 Å². The molecule has 0 N–H and O–H groups in total. The minimum Gasteiger partial charge on any atom is -0.113 e. The quantitative estimate of drug-likeness (QED) is 0.604. The van der Waals surface area contributed by atoms with Crippen LogP contribution in [0, 0.1) is 27.7 Å². The van der Waals surface area contributed by atoms with E-state index < -0.39 is 0 Å². The van der Waals surface area contributed by atoms with Crippen molar-refractivity contribution in [1.82, 2.24) is 0 Å². The molecule has 2 rings (SSSR count). The second-order valence-electron chi connectivity index (χ2n) is 5.18. The van der Waals surface area contributed by atoms with Crippen molar-refractivity contribution in [3.05, 3.63) is 68.7 Å². The van der Waals surface area contributed by atoms with Gasteiger partial charge in [-0.2, -0.15) is 0 Å². The summed E-state index contributed by atoms with van der Waals surface area (Å²) < 4.78 is 0. The summed E-state index contributed by atoms with van der Waals surface area (Å²) in [6.45, 7) is 8.40. The second-order valence-corrected chi connectivity index (χ2v) is 6.05. The zero-order valence-corrected chi connectivity index (χ0v) is 13.2. The van der Waals surface area contributed by atoms with E-state index in [2.05, 4.69) is 39.8 Å². The van der Waals surface area contributed by atoms with E-state index in [1.165, 1.54) is 22.3 Å². The number of alkyl halides is 1. The number of hydrogen-bond acceptors (Lipinski definition) is 0. The summed E-state index contributed by atoms with van der Waals surface area (Å²) in [4.78, 5) is 0. The molecule has 0 fully saturated rings. The molecular weight excluding hydrogens is 275 g/mol. The summed E-state index contributed by atoms with van der Waals surface area (Å²) in [5, 5.41) is 0.625. The number of aryl methyl sites for hydroxylation is 4. The van der Waals surface area contributed by atoms with Crippen molar-refractivity contribution in [3.8, 4) is 0 Å². The lowest BCUT2D eigenvalue weighted by atomic mass is 9.92. The van der Waals surface area contributed by atoms with Gasteiger partial charge in [-0.15, -0.1) is 11.6 Å². The third-order valence-electron chi connectivity index (χ3n) is 3.50. The molecule has 0 aliphatic rings. The van der Waals surface area contributed by atoms with Gasteiger partial charge in [-0.25, -0.2) is 0 Å². The van der Waals surface area contributed by atoms with Crippen LogP contribution in [0.2, 0.25) is 5.02 Å². The fraction of sp³-hybridized carbons (Fsp3) is 0.294. The molecule has 0 saturated heterocycles. The summed E-state index contributed by atoms with van der Waals surface area (Å²) in [6, 6.07) is 10.3. The maximum absolute atomic E-state index is 6.71. The van der Waals surface area contributed by atoms with Crippen molar-refractivity contribution in [2.24, 2.45) is 0 Å². The van der Waals surface area contributed by atoms with E-state index in [-0.39, 0.29) is 5.38 Å². The highest BCUT2D eigenvalue weighted by Crippen LogP contribution is 2.36. The lowest BCUT2D eigenvalue weighted by molar-refractivity contribution is 1.06. The molecule has 0 saturated carbocycles. The minimum absolute atomic E-state index is 0.127. The van der Waals surface area contributed by atoms with Gasteiger partial charge >= 0.3 is 0 Å². The molecule has 19 heavy (non-hydrogen) atoms. The monoisotopic (exact) mass is 292 g/mol. The Balaban J connectivity index is 2.53. The Bertz CT molecular complexity index is 592. The molecule has 0 heterocycles. The Morgan fingerprint density at radius 1 is 0.842 bits per heavy atom. The molecule has 2 aromatic rings. The number of halogens is 2. The second kappa shape index (κ2) is 5.56. The van der Waals surface area contributed by atoms with Gasteiger partial charge in [-0.05, 0) is 67.6 Å². The Hall–Kier alpha value is -0.980. The highest BCUT2D eigenvalue weighted by molar-refractivity contribution is 6.30. The molecular formula is C17H18Cl2. The number of hydrogen-bond donors (Lipinski definition) is 0. The molecule has 100 valence electrons. The smallest absolute Gasteiger partial charge is 0.0843 e. The van der Waals surface area contributed by atoms with Crippen LogP contribution in [-0.4, -0.2) is 0 Å². The molecule has 0 amide bonds. The van der Waals surface area contributed by atoms with Gasteiger partial charge < -0.3 is 0 Å². The van der Waals surface area contributed by atoms with E-state index in [1.54, 1.807) is 0 Å². The maximum atomic E-state index is 6.71. The average Bonchev–Trinajstić information content (AvgIpc) is 2.26. The van der Waals surface area contributed by atoms with Crippen molar-refractivity contribution in [2.45, 2.75) is 33.1 Å². The van der Waals surface area contributed by atoms with Gasteiger partial charge in [0.2, 0.25) is 0 Å². The van der Waals surface area contributed by atoms with Gasteiger partial charge in [0, 0.05) is 5.02 Å². The van der Waals surface area contributed by atoms with Crippen LogP contribution >= 0.6 is 23.2 Å². The zero-order valence-electron chi connectivity index (χ0n) is 11.7. The first-order chi connectivity index (χ1) is 8.90. The predicted octanol–water partition coefficient (Wildman–Crippen LogP) is 5.90. The van der Waals surface area contributed by atoms with Crippen LogP contribution in [0.15, 0.2) is 30.3 Å². The molecule has 0 nitrogen and oxygen atoms in total. The van der Waals surface area contributed by atoms with Gasteiger partial charge in [0.05, 0.1) is 5.38 Å². The molecule has 2 heteroatoms. The summed E-state index contributed by atoms with van der Waals surface area (Å²) >= 11 is 12.7. The first kappa shape index (κ1) is 14.4. The maximum Gasteiger partial charge on any atom is 0.0843 e. The van der Waals surface area contributed by atoms with Crippen LogP contribution in [0.4, 0.5) is 0 Å². The van der Waals surface area contributed by atoms with E-state index in [1.807, 2.05) is 18.2 Å². The lowest BCUT2D eigenvalue weighted by Crippen LogP contribution is -2.02. The van der Waals surface area contributed by atoms with Crippen molar-refractivity contribution >= 4 is 23.2 Å². The molecule has 0 aliphatic heterocycles. The van der Waals surface area contributed by atoms with Gasteiger partial charge in [0.15, 0.2) is 0 Å². The molecule has 0 spiro atoms. The first-order valence-corrected chi connectivity index (χ1v) is 7.19. The highest BCUT2D eigenvalue weighted by atomic mass is 35.5. The van der Waals surface area contributed by atoms with Crippen LogP contribution in [0.25, 0.3) is 0 Å². The number of benzene rings is 2. The van der Waals surface area contributed by atoms with Crippen LogP contribution < -0.4 is 0 Å². The molecule has 0 bridgehead atoms. The van der Waals surface area contributed by atoms with Gasteiger partial charge in [-0.3, -0.25) is 0 Å². The summed E-state index contributed by atoms with van der Waals surface area (Å²) in [5.74, 6) is 0. The van der Waals surface area contributed by atoms with E-state index in [4.69, 9.17) is 23.2 Å². The molecule has 2 aromatic carbocycles. The van der Waals surface area contributed by atoms with Crippen molar-refractivity contribution < 1.29 is 0 Å². The van der Waals surface area contributed by atoms with Gasteiger partial charge in [0.1, 0.15) is 0 Å². The summed E-state index contributed by atoms with van der Waals surface area (Å²) in [7, 11) is 0. The van der Waals surface area contributed by atoms with E-state index in [0.717, 1.165) is 16.1 Å². The normalized spacial score (nSPS) is 12.5. The fourth-order valence-electron chi connectivity index (χ4n) is 2.67. The Labute approximate surface area is 125 Å². The van der Waals surface area contributed by atoms with Crippen molar-refractivity contribution in [3.63, 3.8) is 0 Å². The molecule has 0 aromatic heterocycles. The van der Waals surface area contributed by atoms with Crippen LogP contribution in [-0.2, 0) is 0 Å². The minimum atomic E-state index is -0.127. The first-order valence-electron chi connectivity index (χ1n) is 6.38. The highest BCUT2D eigenvalue weighted by Gasteiger charge is 2.17. The Kier molecular flexibility index (Phi) is 4.23. The standard InChI is InChI=1S/C17H18Cl2/c1-10-7-12(3)16(13(4)8-10)17(19)15-6-5-14(18)9-11(15)2/h5-9,17H,1-4H3. The number of rotatable bonds is 2. The summed E-state index contributed by atoms with van der Waals surface area (Å²) in [6.07, 6.45) is 0. The third kappa shape index (κ3) is 2.96. The topological polar surface area (TPSA) is 0 Å². The molecule has 0 radical (unpaired) electrons. The summed E-state index contributed by atoms with van der Waals surface area (Å²) in [5.41, 5.74) is 7.22. The van der Waals surface area contributed by atoms with Crippen LogP contribution in [0.5, 0.6) is 0 Å². The average molecular weight is 293 g/mol. The fourth-order valence-corrected chi connectivity index (χ4v) is 3.49. The van der Waals surface area contributed by atoms with Gasteiger partial charge in [-0.1, -0.05) is 35.4 Å². The van der Waals surface area contributed by atoms with E-state index >= 15 is 0 Å². The lowest BCUT2D eigenvalue weighted by Gasteiger charge is -2.19. The third-order valence-corrected chi connectivity index (χ3v) is 4.18. The molecule has 0 aliphatic carbocycles.